The second-order valence-corrected chi connectivity index (χ2v) is 4.17. The van der Waals surface area contributed by atoms with Gasteiger partial charge in [0.25, 0.3) is 0 Å². The number of fused-ring (bicyclic) bond motifs is 1. The average molecular weight is 260 g/mol. The van der Waals surface area contributed by atoms with Gasteiger partial charge in [0.1, 0.15) is 5.84 Å². The van der Waals surface area contributed by atoms with Gasteiger partial charge in [-0.2, -0.15) is 0 Å². The molecule has 2 aromatic rings. The van der Waals surface area contributed by atoms with E-state index in [1.54, 1.807) is 12.4 Å². The van der Waals surface area contributed by atoms with E-state index in [4.69, 9.17) is 5.73 Å². The van der Waals surface area contributed by atoms with Gasteiger partial charge in [0, 0.05) is 18.0 Å². The molecule has 3 nitrogen and oxygen atoms in total. The second kappa shape index (κ2) is 5.19. The van der Waals surface area contributed by atoms with Gasteiger partial charge in [-0.3, -0.25) is 9.98 Å². The van der Waals surface area contributed by atoms with Gasteiger partial charge in [0.2, 0.25) is 0 Å². The minimum absolute atomic E-state index is 0. The maximum absolute atomic E-state index is 6.01. The number of halogens is 1. The minimum atomic E-state index is 0. The van der Waals surface area contributed by atoms with Crippen LogP contribution in [0, 0.1) is 0 Å². The molecule has 18 heavy (non-hydrogen) atoms. The van der Waals surface area contributed by atoms with E-state index in [0.717, 1.165) is 17.5 Å². The molecule has 0 bridgehead atoms. The summed E-state index contributed by atoms with van der Waals surface area (Å²) in [6, 6.07) is 12.3. The van der Waals surface area contributed by atoms with E-state index in [9.17, 15) is 0 Å². The molecule has 4 heteroatoms. The van der Waals surface area contributed by atoms with Gasteiger partial charge < -0.3 is 5.73 Å². The van der Waals surface area contributed by atoms with Gasteiger partial charge in [-0.05, 0) is 29.7 Å². The lowest BCUT2D eigenvalue weighted by Crippen LogP contribution is -2.22. The normalized spacial score (nSPS) is 17.3. The Labute approximate surface area is 112 Å². The van der Waals surface area contributed by atoms with E-state index >= 15 is 0 Å². The third-order valence-corrected chi connectivity index (χ3v) is 3.09. The maximum Gasteiger partial charge on any atom is 0.126 e. The molecule has 2 N–H and O–H groups in total. The van der Waals surface area contributed by atoms with Crippen LogP contribution in [-0.4, -0.2) is 10.8 Å². The quantitative estimate of drug-likeness (QED) is 0.856. The Morgan fingerprint density at radius 2 is 1.78 bits per heavy atom. The van der Waals surface area contributed by atoms with Gasteiger partial charge in [-0.1, -0.05) is 24.3 Å². The van der Waals surface area contributed by atoms with Gasteiger partial charge in [0.15, 0.2) is 0 Å². The summed E-state index contributed by atoms with van der Waals surface area (Å²) in [7, 11) is 0. The van der Waals surface area contributed by atoms with Crippen molar-refractivity contribution in [2.45, 2.75) is 12.5 Å². The van der Waals surface area contributed by atoms with Crippen LogP contribution >= 0.6 is 12.4 Å². The van der Waals surface area contributed by atoms with E-state index in [-0.39, 0.29) is 18.4 Å². The molecule has 1 aliphatic heterocycles. The van der Waals surface area contributed by atoms with Gasteiger partial charge in [0.05, 0.1) is 6.04 Å². The summed E-state index contributed by atoms with van der Waals surface area (Å²) in [4.78, 5) is 8.58. The first-order valence-electron chi connectivity index (χ1n) is 5.66. The monoisotopic (exact) mass is 259 g/mol. The molecule has 2 heterocycles. The Kier molecular flexibility index (Phi) is 3.63. The summed E-state index contributed by atoms with van der Waals surface area (Å²) >= 11 is 0. The highest BCUT2D eigenvalue weighted by atomic mass is 35.5. The zero-order chi connectivity index (χ0) is 11.7. The number of hydrogen-bond donors (Lipinski definition) is 1. The van der Waals surface area contributed by atoms with Crippen molar-refractivity contribution in [1.82, 2.24) is 4.98 Å². The molecule has 0 fully saturated rings. The van der Waals surface area contributed by atoms with E-state index in [1.807, 2.05) is 30.3 Å². The molecule has 0 radical (unpaired) electrons. The number of rotatable bonds is 1. The first-order chi connectivity index (χ1) is 8.34. The topological polar surface area (TPSA) is 51.3 Å². The zero-order valence-corrected chi connectivity index (χ0v) is 10.6. The Bertz CT molecular complexity index is 566. The molecule has 1 unspecified atom stereocenters. The molecular weight excluding hydrogens is 246 g/mol. The van der Waals surface area contributed by atoms with Crippen molar-refractivity contribution in [1.29, 1.82) is 0 Å². The summed E-state index contributed by atoms with van der Waals surface area (Å²) in [6.45, 7) is 0. The molecule has 0 saturated heterocycles. The average Bonchev–Trinajstić information content (AvgIpc) is 2.40. The Morgan fingerprint density at radius 1 is 1.06 bits per heavy atom. The Morgan fingerprint density at radius 3 is 2.56 bits per heavy atom. The first-order valence-corrected chi connectivity index (χ1v) is 5.66. The lowest BCUT2D eigenvalue weighted by molar-refractivity contribution is 0.708. The molecule has 0 aliphatic carbocycles. The lowest BCUT2D eigenvalue weighted by atomic mass is 9.93. The van der Waals surface area contributed by atoms with Crippen molar-refractivity contribution in [3.8, 4) is 0 Å². The van der Waals surface area contributed by atoms with E-state index in [0.29, 0.717) is 5.84 Å². The van der Waals surface area contributed by atoms with E-state index in [1.165, 1.54) is 5.56 Å². The smallest absolute Gasteiger partial charge is 0.126 e. The molecule has 0 amide bonds. The fourth-order valence-corrected chi connectivity index (χ4v) is 2.22. The minimum Gasteiger partial charge on any atom is -0.383 e. The Balaban J connectivity index is 0.00000120. The molecule has 1 aromatic heterocycles. The van der Waals surface area contributed by atoms with Crippen LogP contribution < -0.4 is 5.73 Å². The molecule has 0 saturated carbocycles. The van der Waals surface area contributed by atoms with E-state index in [2.05, 4.69) is 16.0 Å². The highest BCUT2D eigenvalue weighted by Gasteiger charge is 2.19. The van der Waals surface area contributed by atoms with Crippen molar-refractivity contribution in [3.63, 3.8) is 0 Å². The summed E-state index contributed by atoms with van der Waals surface area (Å²) in [5.74, 6) is 0.633. The number of hydrogen-bond acceptors (Lipinski definition) is 3. The van der Waals surface area contributed by atoms with Crippen LogP contribution in [0.15, 0.2) is 53.8 Å². The van der Waals surface area contributed by atoms with Crippen molar-refractivity contribution in [3.05, 3.63) is 65.5 Å². The number of amidine groups is 1. The van der Waals surface area contributed by atoms with Crippen LogP contribution in [0.25, 0.3) is 0 Å². The van der Waals surface area contributed by atoms with Gasteiger partial charge in [-0.25, -0.2) is 0 Å². The van der Waals surface area contributed by atoms with E-state index < -0.39 is 0 Å². The second-order valence-electron chi connectivity index (χ2n) is 4.17. The molecule has 1 aromatic carbocycles. The summed E-state index contributed by atoms with van der Waals surface area (Å²) in [5, 5.41) is 0. The highest BCUT2D eigenvalue weighted by molar-refractivity contribution is 5.99. The predicted molar refractivity (Wildman–Crippen MR) is 75.1 cm³/mol. The van der Waals surface area contributed by atoms with Crippen molar-refractivity contribution in [2.24, 2.45) is 10.7 Å². The third kappa shape index (κ3) is 2.22. The van der Waals surface area contributed by atoms with Crippen molar-refractivity contribution < 1.29 is 0 Å². The Hall–Kier alpha value is -1.87. The molecule has 0 spiro atoms. The number of aromatic nitrogens is 1. The largest absolute Gasteiger partial charge is 0.383 e. The van der Waals surface area contributed by atoms with Crippen LogP contribution in [0.4, 0.5) is 0 Å². The fraction of sp³-hybridized carbons (Fsp3) is 0.143. The molecule has 1 aliphatic rings. The van der Waals surface area contributed by atoms with Crippen LogP contribution in [0.3, 0.4) is 0 Å². The number of nitrogens with zero attached hydrogens (tertiary/aromatic N) is 2. The maximum atomic E-state index is 6.01. The fourth-order valence-electron chi connectivity index (χ4n) is 2.22. The van der Waals surface area contributed by atoms with Crippen LogP contribution in [0.5, 0.6) is 0 Å². The molecular formula is C14H14ClN3. The number of nitrogens with two attached hydrogens (primary N) is 1. The number of aliphatic imine (C=N–C) groups is 1. The summed E-state index contributed by atoms with van der Waals surface area (Å²) < 4.78 is 0. The standard InChI is InChI=1S/C14H13N3.ClH/c15-14-12-4-2-1-3-11(12)9-13(17-14)10-5-7-16-8-6-10;/h1-8,13H,9H2,(H2,15,17);1H. The third-order valence-electron chi connectivity index (χ3n) is 3.09. The first kappa shape index (κ1) is 12.6. The van der Waals surface area contributed by atoms with Gasteiger partial charge >= 0.3 is 0 Å². The summed E-state index contributed by atoms with van der Waals surface area (Å²) in [5.41, 5.74) is 9.51. The van der Waals surface area contributed by atoms with Crippen molar-refractivity contribution in [2.75, 3.05) is 0 Å². The molecule has 92 valence electrons. The number of pyridine rings is 1. The van der Waals surface area contributed by atoms with Crippen LogP contribution in [0.1, 0.15) is 22.7 Å². The van der Waals surface area contributed by atoms with Crippen molar-refractivity contribution >= 4 is 18.2 Å². The lowest BCUT2D eigenvalue weighted by Gasteiger charge is -2.21. The van der Waals surface area contributed by atoms with Crippen LogP contribution in [-0.2, 0) is 6.42 Å². The summed E-state index contributed by atoms with van der Waals surface area (Å²) in [6.07, 6.45) is 4.49. The zero-order valence-electron chi connectivity index (χ0n) is 9.78. The van der Waals surface area contributed by atoms with Crippen LogP contribution in [0.2, 0.25) is 0 Å². The van der Waals surface area contributed by atoms with Gasteiger partial charge in [-0.15, -0.1) is 12.4 Å². The highest BCUT2D eigenvalue weighted by Crippen LogP contribution is 2.28. The number of benzene rings is 1. The SMILES string of the molecule is Cl.NC1=NC(c2ccncc2)Cc2ccccc21. The molecule has 1 atom stereocenters. The molecule has 3 rings (SSSR count). The predicted octanol–water partition coefficient (Wildman–Crippen LogP) is 2.51.